The van der Waals surface area contributed by atoms with Crippen LogP contribution >= 0.6 is 0 Å². The molecule has 0 saturated carbocycles. The van der Waals surface area contributed by atoms with Crippen molar-refractivity contribution in [2.75, 3.05) is 16.8 Å². The number of nitrogens with one attached hydrogen (secondary N) is 1. The standard InChI is InChI=1S/C15H11FN2O2/c16-11-5-3-4-10(9-19)15(11)18-8-14(20)17-12-6-1-2-7-13(12)18/h1-7,9H,8H2,(H,17,20). The number of carbonyl (C=O) groups is 2. The minimum atomic E-state index is -0.529. The van der Waals surface area contributed by atoms with E-state index < -0.39 is 5.82 Å². The van der Waals surface area contributed by atoms with Crippen LogP contribution in [0.3, 0.4) is 0 Å². The number of aldehydes is 1. The number of fused-ring (bicyclic) bond motifs is 1. The third-order valence-corrected chi connectivity index (χ3v) is 3.19. The van der Waals surface area contributed by atoms with Crippen molar-refractivity contribution in [1.82, 2.24) is 0 Å². The molecular formula is C15H11FN2O2. The molecule has 0 aliphatic carbocycles. The number of hydrogen-bond donors (Lipinski definition) is 1. The molecule has 100 valence electrons. The lowest BCUT2D eigenvalue weighted by Crippen LogP contribution is -2.36. The van der Waals surface area contributed by atoms with Crippen LogP contribution in [0.15, 0.2) is 42.5 Å². The summed E-state index contributed by atoms with van der Waals surface area (Å²) in [6.45, 7) is -0.0290. The first-order chi connectivity index (χ1) is 9.70. The molecule has 1 N–H and O–H groups in total. The number of amides is 1. The molecule has 0 fully saturated rings. The van der Waals surface area contributed by atoms with Crippen LogP contribution in [0.1, 0.15) is 10.4 Å². The Morgan fingerprint density at radius 3 is 2.75 bits per heavy atom. The molecule has 0 aromatic heterocycles. The van der Waals surface area contributed by atoms with Crippen LogP contribution in [0, 0.1) is 5.82 Å². The zero-order valence-electron chi connectivity index (χ0n) is 10.5. The fraction of sp³-hybridized carbons (Fsp3) is 0.0667. The van der Waals surface area contributed by atoms with Gasteiger partial charge in [0.15, 0.2) is 6.29 Å². The van der Waals surface area contributed by atoms with Crippen LogP contribution in [0.2, 0.25) is 0 Å². The van der Waals surface area contributed by atoms with Crippen LogP contribution in [-0.2, 0) is 4.79 Å². The zero-order valence-corrected chi connectivity index (χ0v) is 10.5. The van der Waals surface area contributed by atoms with E-state index in [1.807, 2.05) is 0 Å². The minimum absolute atomic E-state index is 0.0290. The molecule has 0 spiro atoms. The second kappa shape index (κ2) is 4.77. The van der Waals surface area contributed by atoms with Gasteiger partial charge in [-0.15, -0.1) is 0 Å². The number of anilines is 3. The van der Waals surface area contributed by atoms with Crippen LogP contribution < -0.4 is 10.2 Å². The van der Waals surface area contributed by atoms with Gasteiger partial charge in [0.2, 0.25) is 5.91 Å². The molecule has 20 heavy (non-hydrogen) atoms. The molecule has 0 bridgehead atoms. The average molecular weight is 270 g/mol. The van der Waals surface area contributed by atoms with Crippen LogP contribution in [0.5, 0.6) is 0 Å². The van der Waals surface area contributed by atoms with Gasteiger partial charge in [0, 0.05) is 5.56 Å². The predicted molar refractivity (Wildman–Crippen MR) is 73.9 cm³/mol. The second-order valence-corrected chi connectivity index (χ2v) is 4.45. The first kappa shape index (κ1) is 12.3. The fourth-order valence-electron chi connectivity index (χ4n) is 2.34. The summed E-state index contributed by atoms with van der Waals surface area (Å²) in [5, 5.41) is 2.73. The highest BCUT2D eigenvalue weighted by atomic mass is 19.1. The maximum absolute atomic E-state index is 14.1. The van der Waals surface area contributed by atoms with Crippen molar-refractivity contribution in [3.63, 3.8) is 0 Å². The average Bonchev–Trinajstić information content (AvgIpc) is 2.46. The maximum atomic E-state index is 14.1. The lowest BCUT2D eigenvalue weighted by Gasteiger charge is -2.31. The third kappa shape index (κ3) is 1.93. The van der Waals surface area contributed by atoms with Crippen molar-refractivity contribution >= 4 is 29.3 Å². The van der Waals surface area contributed by atoms with E-state index >= 15 is 0 Å². The first-order valence-electron chi connectivity index (χ1n) is 6.11. The number of hydrogen-bond acceptors (Lipinski definition) is 3. The smallest absolute Gasteiger partial charge is 0.244 e. The number of nitrogens with zero attached hydrogens (tertiary/aromatic N) is 1. The Labute approximate surface area is 114 Å². The molecule has 0 atom stereocenters. The van der Waals surface area contributed by atoms with Crippen LogP contribution in [0.4, 0.5) is 21.5 Å². The van der Waals surface area contributed by atoms with E-state index in [1.54, 1.807) is 24.3 Å². The fourth-order valence-corrected chi connectivity index (χ4v) is 2.34. The van der Waals surface area contributed by atoms with Gasteiger partial charge < -0.3 is 10.2 Å². The van der Waals surface area contributed by atoms with Gasteiger partial charge in [0.1, 0.15) is 12.4 Å². The van der Waals surface area contributed by atoms with Gasteiger partial charge in [-0.25, -0.2) is 4.39 Å². The summed E-state index contributed by atoms with van der Waals surface area (Å²) in [4.78, 5) is 24.4. The molecule has 1 amide bonds. The summed E-state index contributed by atoms with van der Waals surface area (Å²) in [7, 11) is 0. The van der Waals surface area contributed by atoms with Crippen molar-refractivity contribution in [2.24, 2.45) is 0 Å². The van der Waals surface area contributed by atoms with Gasteiger partial charge in [0.25, 0.3) is 0 Å². The Morgan fingerprint density at radius 1 is 1.15 bits per heavy atom. The molecule has 0 unspecified atom stereocenters. The molecule has 1 heterocycles. The summed E-state index contributed by atoms with van der Waals surface area (Å²) < 4.78 is 14.1. The normalized spacial score (nSPS) is 13.7. The largest absolute Gasteiger partial charge is 0.327 e. The predicted octanol–water partition coefficient (Wildman–Crippen LogP) is 2.73. The first-order valence-corrected chi connectivity index (χ1v) is 6.11. The van der Waals surface area contributed by atoms with Crippen molar-refractivity contribution in [1.29, 1.82) is 0 Å². The summed E-state index contributed by atoms with van der Waals surface area (Å²) in [5.74, 6) is -0.775. The van der Waals surface area contributed by atoms with E-state index in [1.165, 1.54) is 23.1 Å². The van der Waals surface area contributed by atoms with Crippen molar-refractivity contribution in [2.45, 2.75) is 0 Å². The quantitative estimate of drug-likeness (QED) is 0.854. The summed E-state index contributed by atoms with van der Waals surface area (Å²) in [6, 6.07) is 11.4. The molecule has 0 saturated heterocycles. The third-order valence-electron chi connectivity index (χ3n) is 3.19. The van der Waals surface area contributed by atoms with Crippen molar-refractivity contribution in [3.8, 4) is 0 Å². The molecule has 2 aromatic carbocycles. The Morgan fingerprint density at radius 2 is 1.95 bits per heavy atom. The summed E-state index contributed by atoms with van der Waals surface area (Å²) in [6.07, 6.45) is 0.591. The Hall–Kier alpha value is -2.69. The number of rotatable bonds is 2. The van der Waals surface area contributed by atoms with E-state index in [9.17, 15) is 14.0 Å². The number of para-hydroxylation sites is 3. The van der Waals surface area contributed by atoms with Gasteiger partial charge in [-0.1, -0.05) is 18.2 Å². The lowest BCUT2D eigenvalue weighted by molar-refractivity contribution is -0.115. The molecule has 0 radical (unpaired) electrons. The molecule has 4 nitrogen and oxygen atoms in total. The van der Waals surface area contributed by atoms with Gasteiger partial charge in [-0.2, -0.15) is 0 Å². The molecule has 1 aliphatic rings. The number of carbonyl (C=O) groups excluding carboxylic acids is 2. The number of benzene rings is 2. The molecule has 5 heteroatoms. The van der Waals surface area contributed by atoms with Crippen molar-refractivity contribution < 1.29 is 14.0 Å². The van der Waals surface area contributed by atoms with E-state index in [2.05, 4.69) is 5.32 Å². The maximum Gasteiger partial charge on any atom is 0.244 e. The lowest BCUT2D eigenvalue weighted by atomic mass is 10.1. The summed E-state index contributed by atoms with van der Waals surface area (Å²) >= 11 is 0. The molecule has 3 rings (SSSR count). The van der Waals surface area contributed by atoms with E-state index in [0.717, 1.165) is 0 Å². The van der Waals surface area contributed by atoms with Gasteiger partial charge in [-0.05, 0) is 24.3 Å². The van der Waals surface area contributed by atoms with Gasteiger partial charge >= 0.3 is 0 Å². The Bertz CT molecular complexity index is 700. The number of halogens is 1. The Kier molecular flexibility index (Phi) is 2.95. The van der Waals surface area contributed by atoms with Crippen molar-refractivity contribution in [3.05, 3.63) is 53.8 Å². The zero-order chi connectivity index (χ0) is 14.1. The van der Waals surface area contributed by atoms with E-state index in [4.69, 9.17) is 0 Å². The van der Waals surface area contributed by atoms with Gasteiger partial charge in [0.05, 0.1) is 17.1 Å². The highest BCUT2D eigenvalue weighted by molar-refractivity contribution is 6.04. The Balaban J connectivity index is 2.21. The van der Waals surface area contributed by atoms with E-state index in [0.29, 0.717) is 17.7 Å². The summed E-state index contributed by atoms with van der Waals surface area (Å²) in [5.41, 5.74) is 1.61. The minimum Gasteiger partial charge on any atom is -0.327 e. The topological polar surface area (TPSA) is 49.4 Å². The molecule has 2 aromatic rings. The second-order valence-electron chi connectivity index (χ2n) is 4.45. The molecule has 1 aliphatic heterocycles. The van der Waals surface area contributed by atoms with Crippen LogP contribution in [0.25, 0.3) is 0 Å². The highest BCUT2D eigenvalue weighted by Gasteiger charge is 2.26. The highest BCUT2D eigenvalue weighted by Crippen LogP contribution is 2.37. The van der Waals surface area contributed by atoms with E-state index in [-0.39, 0.29) is 23.7 Å². The molecular weight excluding hydrogens is 259 g/mol. The monoisotopic (exact) mass is 270 g/mol. The van der Waals surface area contributed by atoms with Crippen LogP contribution in [-0.4, -0.2) is 18.7 Å². The van der Waals surface area contributed by atoms with Gasteiger partial charge in [-0.3, -0.25) is 9.59 Å². The SMILES string of the molecule is O=Cc1cccc(F)c1N1CC(=O)Nc2ccccc21.